The molecule has 45 heavy (non-hydrogen) atoms. The van der Waals surface area contributed by atoms with Gasteiger partial charge in [-0.25, -0.2) is 0 Å². The highest BCUT2D eigenvalue weighted by molar-refractivity contribution is 4.91. The Balaban J connectivity index is 5.56. The maximum Gasteiger partial charge on any atom is 0.132 e. The van der Waals surface area contributed by atoms with Gasteiger partial charge in [-0.3, -0.25) is 0 Å². The molecule has 0 aliphatic carbocycles. The van der Waals surface area contributed by atoms with Crippen LogP contribution in [0.1, 0.15) is 25.7 Å². The minimum atomic E-state index is -0.987. The van der Waals surface area contributed by atoms with Crippen molar-refractivity contribution >= 4 is 0 Å². The summed E-state index contributed by atoms with van der Waals surface area (Å²) in [5.41, 5.74) is -1.62. The standard InChI is InChI=1S/C32H74N4O9/c1-33(2,3)21-27(39)23-43-19-15-31(13-17-37,35(7,8)9)29(41)25-45-26-30(42)32(14-18-38,36(10,11)12)16-20-44-24-28(40)22-34(4,5)6/h27-30,37-42H,13-26H2,1-12H3/q+4. The molecule has 0 radical (unpaired) electrons. The first-order chi connectivity index (χ1) is 20.4. The van der Waals surface area contributed by atoms with E-state index in [0.717, 1.165) is 0 Å². The van der Waals surface area contributed by atoms with E-state index in [2.05, 4.69) is 0 Å². The summed E-state index contributed by atoms with van der Waals surface area (Å²) >= 11 is 0. The molecule has 272 valence electrons. The van der Waals surface area contributed by atoms with Crippen molar-refractivity contribution in [1.82, 2.24) is 0 Å². The fraction of sp³-hybridized carbons (Fsp3) is 1.00. The number of hydrogen-bond donors (Lipinski definition) is 6. The number of rotatable bonds is 26. The first kappa shape index (κ1) is 44.5. The molecule has 0 aromatic heterocycles. The highest BCUT2D eigenvalue weighted by Crippen LogP contribution is 2.34. The molecule has 6 N–H and O–H groups in total. The van der Waals surface area contributed by atoms with Crippen LogP contribution >= 0.6 is 0 Å². The quantitative estimate of drug-likeness (QED) is 0.0474. The summed E-state index contributed by atoms with van der Waals surface area (Å²) in [6.45, 7) is 1.61. The van der Waals surface area contributed by atoms with Gasteiger partial charge in [-0.2, -0.15) is 0 Å². The Morgan fingerprint density at radius 1 is 0.467 bits per heavy atom. The molecule has 13 heteroatoms. The third-order valence-corrected chi connectivity index (χ3v) is 9.05. The second-order valence-corrected chi connectivity index (χ2v) is 16.7. The SMILES string of the molecule is C[N+](C)(C)CC(O)COCCC(CCO)(C(O)COCC(O)C(CCO)(CCOCC(O)C[N+](C)(C)C)[N+](C)(C)C)[N+](C)(C)C. The Morgan fingerprint density at radius 2 is 0.778 bits per heavy atom. The van der Waals surface area contributed by atoms with Crippen LogP contribution in [0.3, 0.4) is 0 Å². The van der Waals surface area contributed by atoms with Crippen molar-refractivity contribution in [2.24, 2.45) is 0 Å². The molecule has 6 atom stereocenters. The lowest BCUT2D eigenvalue weighted by molar-refractivity contribution is -0.930. The second-order valence-electron chi connectivity index (χ2n) is 16.7. The van der Waals surface area contributed by atoms with E-state index in [1.807, 2.05) is 84.6 Å². The van der Waals surface area contributed by atoms with Crippen LogP contribution in [0.15, 0.2) is 0 Å². The average molecular weight is 659 g/mol. The molecule has 0 saturated heterocycles. The molecular weight excluding hydrogens is 584 g/mol. The Kier molecular flexibility index (Phi) is 18.7. The zero-order chi connectivity index (χ0) is 35.3. The smallest absolute Gasteiger partial charge is 0.132 e. The van der Waals surface area contributed by atoms with Crippen LogP contribution in [0.5, 0.6) is 0 Å². The third-order valence-electron chi connectivity index (χ3n) is 9.05. The van der Waals surface area contributed by atoms with Gasteiger partial charge in [-0.05, 0) is 0 Å². The van der Waals surface area contributed by atoms with Crippen molar-refractivity contribution in [3.8, 4) is 0 Å². The lowest BCUT2D eigenvalue weighted by atomic mass is 9.82. The summed E-state index contributed by atoms with van der Waals surface area (Å²) in [6.07, 6.45) is -1.75. The van der Waals surface area contributed by atoms with Crippen LogP contribution in [0, 0.1) is 0 Å². The summed E-state index contributed by atoms with van der Waals surface area (Å²) in [7, 11) is 23.8. The van der Waals surface area contributed by atoms with Gasteiger partial charge in [0.2, 0.25) is 0 Å². The zero-order valence-electron chi connectivity index (χ0n) is 30.9. The van der Waals surface area contributed by atoms with Gasteiger partial charge >= 0.3 is 0 Å². The summed E-state index contributed by atoms with van der Waals surface area (Å²) in [5.74, 6) is 0. The molecule has 13 nitrogen and oxygen atoms in total. The van der Waals surface area contributed by atoms with Gasteiger partial charge in [0, 0.05) is 38.9 Å². The largest absolute Gasteiger partial charge is 0.396 e. The number of ether oxygens (including phenoxy) is 3. The van der Waals surface area contributed by atoms with Crippen LogP contribution in [0.2, 0.25) is 0 Å². The highest BCUT2D eigenvalue weighted by atomic mass is 16.5. The molecular formula is C32H74N4O9+4. The fourth-order valence-corrected chi connectivity index (χ4v) is 6.45. The van der Waals surface area contributed by atoms with Crippen LogP contribution in [-0.2, 0) is 14.2 Å². The van der Waals surface area contributed by atoms with Crippen molar-refractivity contribution in [2.45, 2.75) is 61.2 Å². The Bertz CT molecular complexity index is 731. The van der Waals surface area contributed by atoms with Crippen molar-refractivity contribution < 1.29 is 62.8 Å². The zero-order valence-corrected chi connectivity index (χ0v) is 30.9. The van der Waals surface area contributed by atoms with E-state index in [1.54, 1.807) is 0 Å². The number of hydrogen-bond acceptors (Lipinski definition) is 9. The number of quaternary nitrogens is 4. The molecule has 0 amide bonds. The van der Waals surface area contributed by atoms with E-state index in [0.29, 0.717) is 56.7 Å². The molecule has 0 aliphatic heterocycles. The van der Waals surface area contributed by atoms with Gasteiger partial charge in [-0.15, -0.1) is 0 Å². The van der Waals surface area contributed by atoms with Gasteiger partial charge in [0.25, 0.3) is 0 Å². The Hall–Kier alpha value is -0.520. The summed E-state index contributed by atoms with van der Waals surface area (Å²) < 4.78 is 19.6. The van der Waals surface area contributed by atoms with Gasteiger partial charge in [0.15, 0.2) is 0 Å². The van der Waals surface area contributed by atoms with Gasteiger partial charge in [-0.1, -0.05) is 0 Å². The lowest BCUT2D eigenvalue weighted by Gasteiger charge is -2.50. The second kappa shape index (κ2) is 18.9. The van der Waals surface area contributed by atoms with E-state index < -0.39 is 35.5 Å². The topological polar surface area (TPSA) is 149 Å². The molecule has 0 rings (SSSR count). The van der Waals surface area contributed by atoms with Gasteiger partial charge in [0.05, 0.1) is 124 Å². The maximum absolute atomic E-state index is 11.5. The number of aliphatic hydroxyl groups excluding tert-OH is 6. The summed E-state index contributed by atoms with van der Waals surface area (Å²) in [4.78, 5) is 0. The molecule has 0 heterocycles. The van der Waals surface area contributed by atoms with Crippen molar-refractivity contribution in [2.75, 3.05) is 151 Å². The van der Waals surface area contributed by atoms with Crippen LogP contribution in [0.25, 0.3) is 0 Å². The van der Waals surface area contributed by atoms with Crippen molar-refractivity contribution in [3.05, 3.63) is 0 Å². The van der Waals surface area contributed by atoms with Gasteiger partial charge < -0.3 is 62.8 Å². The van der Waals surface area contributed by atoms with E-state index in [9.17, 15) is 30.6 Å². The number of likely N-dealkylation sites (N-methyl/N-ethyl adjacent to an activating group) is 4. The first-order valence-electron chi connectivity index (χ1n) is 16.3. The van der Waals surface area contributed by atoms with Gasteiger partial charge in [0.1, 0.15) is 48.6 Å². The molecule has 6 unspecified atom stereocenters. The normalized spacial score (nSPS) is 19.1. The maximum atomic E-state index is 11.5. The van der Waals surface area contributed by atoms with E-state index in [4.69, 9.17) is 14.2 Å². The minimum absolute atomic E-state index is 0.0726. The third kappa shape index (κ3) is 15.5. The first-order valence-corrected chi connectivity index (χ1v) is 16.3. The van der Waals surface area contributed by atoms with Crippen molar-refractivity contribution in [3.63, 3.8) is 0 Å². The van der Waals surface area contributed by atoms with E-state index in [1.165, 1.54) is 0 Å². The molecule has 0 aromatic rings. The fourth-order valence-electron chi connectivity index (χ4n) is 6.45. The highest BCUT2D eigenvalue weighted by Gasteiger charge is 2.51. The Labute approximate surface area is 274 Å². The minimum Gasteiger partial charge on any atom is -0.396 e. The van der Waals surface area contributed by atoms with Crippen molar-refractivity contribution in [1.29, 1.82) is 0 Å². The molecule has 0 spiro atoms. The Morgan fingerprint density at radius 3 is 1.02 bits per heavy atom. The van der Waals surface area contributed by atoms with E-state index >= 15 is 0 Å². The summed E-state index contributed by atoms with van der Waals surface area (Å²) in [6, 6.07) is 0. The van der Waals surface area contributed by atoms with Crippen LogP contribution < -0.4 is 0 Å². The molecule has 0 saturated carbocycles. The molecule has 0 aromatic carbocycles. The average Bonchev–Trinajstić information content (AvgIpc) is 2.83. The lowest BCUT2D eigenvalue weighted by Crippen LogP contribution is -2.66. The summed E-state index contributed by atoms with van der Waals surface area (Å²) in [5, 5.41) is 63.8. The van der Waals surface area contributed by atoms with Crippen LogP contribution in [-0.4, -0.2) is 235 Å². The molecule has 0 bridgehead atoms. The molecule has 0 aliphatic rings. The number of nitrogens with zero attached hydrogens (tertiary/aromatic N) is 4. The van der Waals surface area contributed by atoms with Crippen LogP contribution in [0.4, 0.5) is 0 Å². The predicted molar refractivity (Wildman–Crippen MR) is 176 cm³/mol. The number of aliphatic hydroxyl groups is 6. The predicted octanol–water partition coefficient (Wildman–Crippen LogP) is -1.67. The van der Waals surface area contributed by atoms with E-state index in [-0.39, 0.29) is 52.9 Å². The monoisotopic (exact) mass is 659 g/mol. The molecule has 0 fully saturated rings.